The van der Waals surface area contributed by atoms with E-state index in [1.807, 2.05) is 25.1 Å². The van der Waals surface area contributed by atoms with Gasteiger partial charge in [0.1, 0.15) is 0 Å². The summed E-state index contributed by atoms with van der Waals surface area (Å²) in [6.07, 6.45) is 2.04. The number of hydrogen-bond acceptors (Lipinski definition) is 1. The zero-order chi connectivity index (χ0) is 15.6. The maximum atomic E-state index is 13.0. The number of rotatable bonds is 2. The first-order valence-corrected chi connectivity index (χ1v) is 8.68. The molecule has 3 unspecified atom stereocenters. The van der Waals surface area contributed by atoms with Gasteiger partial charge in [-0.2, -0.15) is 0 Å². The summed E-state index contributed by atoms with van der Waals surface area (Å²) in [5.41, 5.74) is 1.69. The van der Waals surface area contributed by atoms with Crippen molar-refractivity contribution < 1.29 is 4.79 Å². The number of fused-ring (bicyclic) bond motifs is 1. The van der Waals surface area contributed by atoms with Gasteiger partial charge < -0.3 is 5.32 Å². The first kappa shape index (κ1) is 15.4. The second kappa shape index (κ2) is 4.48. The van der Waals surface area contributed by atoms with Crippen LogP contribution in [0.3, 0.4) is 0 Å². The molecule has 0 heterocycles. The first-order chi connectivity index (χ1) is 9.67. The number of carbonyl (C=O) groups excluding carboxylic acids is 1. The van der Waals surface area contributed by atoms with E-state index < -0.39 is 0 Å². The van der Waals surface area contributed by atoms with Crippen molar-refractivity contribution in [3.8, 4) is 0 Å². The van der Waals surface area contributed by atoms with Crippen LogP contribution in [0.5, 0.6) is 0 Å². The minimum absolute atomic E-state index is 0.00669. The van der Waals surface area contributed by atoms with Crippen LogP contribution < -0.4 is 5.32 Å². The summed E-state index contributed by atoms with van der Waals surface area (Å²) in [6, 6.07) is 5.68. The number of benzene rings is 1. The second-order valence-electron chi connectivity index (χ2n) is 7.29. The Kier molecular flexibility index (Phi) is 3.28. The summed E-state index contributed by atoms with van der Waals surface area (Å²) in [5, 5.41) is 3.77. The van der Waals surface area contributed by atoms with Crippen LogP contribution >= 0.6 is 27.5 Å². The van der Waals surface area contributed by atoms with Gasteiger partial charge in [0.25, 0.3) is 0 Å². The molecule has 3 fully saturated rings. The molecule has 0 saturated heterocycles. The maximum Gasteiger partial charge on any atom is 0.232 e. The molecule has 0 radical (unpaired) electrons. The lowest BCUT2D eigenvalue weighted by molar-refractivity contribution is -0.155. The Hall–Kier alpha value is -0.540. The van der Waals surface area contributed by atoms with Crippen molar-refractivity contribution in [2.75, 3.05) is 5.32 Å². The predicted octanol–water partition coefficient (Wildman–Crippen LogP) is 5.18. The predicted molar refractivity (Wildman–Crippen MR) is 91.1 cm³/mol. The minimum Gasteiger partial charge on any atom is -0.326 e. The quantitative estimate of drug-likeness (QED) is 0.714. The highest BCUT2D eigenvalue weighted by Crippen LogP contribution is 2.79. The van der Waals surface area contributed by atoms with E-state index in [0.29, 0.717) is 5.02 Å². The van der Waals surface area contributed by atoms with Gasteiger partial charge in [0.2, 0.25) is 5.91 Å². The van der Waals surface area contributed by atoms with Crippen molar-refractivity contribution in [1.29, 1.82) is 0 Å². The van der Waals surface area contributed by atoms with E-state index >= 15 is 0 Å². The van der Waals surface area contributed by atoms with E-state index in [-0.39, 0.29) is 27.0 Å². The molecule has 3 saturated carbocycles. The van der Waals surface area contributed by atoms with Gasteiger partial charge in [-0.15, -0.1) is 0 Å². The highest BCUT2D eigenvalue weighted by molar-refractivity contribution is 9.09. The fourth-order valence-electron chi connectivity index (χ4n) is 4.37. The number of alkyl halides is 1. The molecule has 2 bridgehead atoms. The van der Waals surface area contributed by atoms with Crippen molar-refractivity contribution in [3.63, 3.8) is 0 Å². The van der Waals surface area contributed by atoms with Gasteiger partial charge in [-0.1, -0.05) is 54.4 Å². The molecule has 114 valence electrons. The van der Waals surface area contributed by atoms with Gasteiger partial charge in [0, 0.05) is 15.5 Å². The second-order valence-corrected chi connectivity index (χ2v) is 8.62. The molecular weight excluding hydrogens is 350 g/mol. The number of halogens is 2. The van der Waals surface area contributed by atoms with Crippen molar-refractivity contribution in [2.45, 2.75) is 45.4 Å². The van der Waals surface area contributed by atoms with Gasteiger partial charge in [-0.05, 0) is 48.3 Å². The summed E-state index contributed by atoms with van der Waals surface area (Å²) >= 11 is 9.94. The summed E-state index contributed by atoms with van der Waals surface area (Å²) in [4.78, 5) is 13.2. The largest absolute Gasteiger partial charge is 0.326 e. The van der Waals surface area contributed by atoms with Crippen LogP contribution in [-0.2, 0) is 4.79 Å². The molecule has 21 heavy (non-hydrogen) atoms. The smallest absolute Gasteiger partial charge is 0.232 e. The van der Waals surface area contributed by atoms with Gasteiger partial charge >= 0.3 is 0 Å². The third kappa shape index (κ3) is 1.68. The van der Waals surface area contributed by atoms with Crippen molar-refractivity contribution >= 4 is 39.1 Å². The molecule has 1 aromatic rings. The van der Waals surface area contributed by atoms with Crippen LogP contribution in [0.4, 0.5) is 5.69 Å². The number of aryl methyl sites for hydroxylation is 1. The topological polar surface area (TPSA) is 29.1 Å². The van der Waals surface area contributed by atoms with Crippen LogP contribution in [0.2, 0.25) is 5.02 Å². The van der Waals surface area contributed by atoms with E-state index in [1.165, 1.54) is 0 Å². The highest BCUT2D eigenvalue weighted by Gasteiger charge is 2.80. The van der Waals surface area contributed by atoms with Crippen LogP contribution in [0.25, 0.3) is 0 Å². The van der Waals surface area contributed by atoms with Crippen molar-refractivity contribution in [3.05, 3.63) is 28.8 Å². The Morgan fingerprint density at radius 3 is 2.48 bits per heavy atom. The molecular formula is C17H21BrClNO. The average Bonchev–Trinajstić information content (AvgIpc) is 2.82. The lowest BCUT2D eigenvalue weighted by Crippen LogP contribution is -2.68. The van der Waals surface area contributed by atoms with E-state index in [2.05, 4.69) is 42.0 Å². The molecule has 3 aliphatic rings. The molecule has 0 aromatic heterocycles. The van der Waals surface area contributed by atoms with Gasteiger partial charge in [-0.3, -0.25) is 4.79 Å². The van der Waals surface area contributed by atoms with E-state index in [4.69, 9.17) is 11.6 Å². The molecule has 4 rings (SSSR count). The van der Waals surface area contributed by atoms with Crippen LogP contribution in [-0.4, -0.2) is 10.7 Å². The molecule has 4 heteroatoms. The Labute approximate surface area is 139 Å². The van der Waals surface area contributed by atoms with E-state index in [0.717, 1.165) is 24.1 Å². The molecule has 1 N–H and O–H groups in total. The van der Waals surface area contributed by atoms with E-state index in [1.54, 1.807) is 0 Å². The van der Waals surface area contributed by atoms with Gasteiger partial charge in [-0.25, -0.2) is 0 Å². The zero-order valence-corrected chi connectivity index (χ0v) is 15.2. The van der Waals surface area contributed by atoms with Crippen LogP contribution in [0.1, 0.15) is 39.2 Å². The molecule has 3 atom stereocenters. The standard InChI is InChI=1S/C17H21BrClNO/c1-10-5-6-11(9-12(10)19)20-14(21)17-8-7-16(4,13(17)18)15(17,2)3/h5-6,9,13H,7-8H2,1-4H3,(H,20,21). The van der Waals surface area contributed by atoms with E-state index in [9.17, 15) is 4.79 Å². The number of nitrogens with one attached hydrogen (secondary N) is 1. The summed E-state index contributed by atoms with van der Waals surface area (Å²) < 4.78 is 0. The van der Waals surface area contributed by atoms with Crippen LogP contribution in [0, 0.1) is 23.2 Å². The van der Waals surface area contributed by atoms with Crippen molar-refractivity contribution in [2.24, 2.45) is 16.2 Å². The first-order valence-electron chi connectivity index (χ1n) is 7.38. The number of hydrogen-bond donors (Lipinski definition) is 1. The summed E-state index contributed by atoms with van der Waals surface area (Å²) in [7, 11) is 0. The van der Waals surface area contributed by atoms with Crippen LogP contribution in [0.15, 0.2) is 18.2 Å². The lowest BCUT2D eigenvalue weighted by atomic mass is 9.43. The lowest BCUT2D eigenvalue weighted by Gasteiger charge is -2.64. The normalized spacial score (nSPS) is 36.2. The number of amides is 1. The molecule has 0 aliphatic heterocycles. The molecule has 0 spiro atoms. The molecule has 1 amide bonds. The highest BCUT2D eigenvalue weighted by atomic mass is 79.9. The number of anilines is 1. The monoisotopic (exact) mass is 369 g/mol. The third-order valence-corrected chi connectivity index (χ3v) is 8.61. The Bertz CT molecular complexity index is 629. The van der Waals surface area contributed by atoms with Gasteiger partial charge in [0.05, 0.1) is 5.41 Å². The Morgan fingerprint density at radius 2 is 2.00 bits per heavy atom. The third-order valence-electron chi connectivity index (χ3n) is 6.41. The molecule has 1 aromatic carbocycles. The van der Waals surface area contributed by atoms with Gasteiger partial charge in [0.15, 0.2) is 0 Å². The molecule has 3 aliphatic carbocycles. The summed E-state index contributed by atoms with van der Waals surface area (Å²) in [6.45, 7) is 8.69. The minimum atomic E-state index is -0.320. The molecule has 2 nitrogen and oxygen atoms in total. The zero-order valence-electron chi connectivity index (χ0n) is 12.9. The average molecular weight is 371 g/mol. The summed E-state index contributed by atoms with van der Waals surface area (Å²) in [5.74, 6) is 0.115. The fraction of sp³-hybridized carbons (Fsp3) is 0.588. The Balaban J connectivity index is 1.88. The van der Waals surface area contributed by atoms with Crippen molar-refractivity contribution in [1.82, 2.24) is 0 Å². The number of carbonyl (C=O) groups is 1. The Morgan fingerprint density at radius 1 is 1.33 bits per heavy atom. The fourth-order valence-corrected chi connectivity index (χ4v) is 6.36. The maximum absolute atomic E-state index is 13.0. The SMILES string of the molecule is Cc1ccc(NC(=O)C23CCC(C)(C2Br)C3(C)C)cc1Cl.